The zero-order chi connectivity index (χ0) is 20.6. The predicted molar refractivity (Wildman–Crippen MR) is 112 cm³/mol. The Kier molecular flexibility index (Phi) is 5.32. The molecule has 0 aliphatic carbocycles. The molecule has 29 heavy (non-hydrogen) atoms. The lowest BCUT2D eigenvalue weighted by Gasteiger charge is -2.32. The van der Waals surface area contributed by atoms with Crippen molar-refractivity contribution in [3.8, 4) is 0 Å². The number of benzene rings is 2. The largest absolute Gasteiger partial charge is 0.478 e. The van der Waals surface area contributed by atoms with Crippen LogP contribution in [0, 0.1) is 6.42 Å². The fourth-order valence-electron chi connectivity index (χ4n) is 4.07. The van der Waals surface area contributed by atoms with Crippen LogP contribution in [0.25, 0.3) is 0 Å². The van der Waals surface area contributed by atoms with E-state index >= 15 is 0 Å². The third kappa shape index (κ3) is 4.29. The van der Waals surface area contributed by atoms with Crippen LogP contribution in [0.2, 0.25) is 0 Å². The third-order valence-electron chi connectivity index (χ3n) is 5.88. The molecule has 1 N–H and O–H groups in total. The van der Waals surface area contributed by atoms with Crippen molar-refractivity contribution in [2.75, 3.05) is 13.2 Å². The minimum absolute atomic E-state index is 0.0305. The van der Waals surface area contributed by atoms with Crippen molar-refractivity contribution in [1.29, 1.82) is 0 Å². The average molecular weight is 391 g/mol. The van der Waals surface area contributed by atoms with Gasteiger partial charge in [0.05, 0.1) is 25.4 Å². The fourth-order valence-corrected chi connectivity index (χ4v) is 4.07. The Morgan fingerprint density at radius 1 is 1.07 bits per heavy atom. The Bertz CT molecular complexity index is 935. The van der Waals surface area contributed by atoms with E-state index in [1.54, 1.807) is 6.92 Å². The van der Waals surface area contributed by atoms with Crippen LogP contribution in [0.5, 0.6) is 0 Å². The highest BCUT2D eigenvalue weighted by Crippen LogP contribution is 2.42. The summed E-state index contributed by atoms with van der Waals surface area (Å²) < 4.78 is 11.0. The molecule has 151 valence electrons. The normalized spacial score (nSPS) is 22.2. The van der Waals surface area contributed by atoms with Gasteiger partial charge < -0.3 is 14.6 Å². The second-order valence-corrected chi connectivity index (χ2v) is 8.39. The molecule has 2 aliphatic heterocycles. The van der Waals surface area contributed by atoms with Gasteiger partial charge in [-0.25, -0.2) is 4.79 Å². The molecule has 3 atom stereocenters. The lowest BCUT2D eigenvalue weighted by molar-refractivity contribution is -0.132. The van der Waals surface area contributed by atoms with Gasteiger partial charge >= 0.3 is 5.97 Å². The lowest BCUT2D eigenvalue weighted by Crippen LogP contribution is -2.24. The molecule has 2 heterocycles. The summed E-state index contributed by atoms with van der Waals surface area (Å²) in [6, 6.07) is 16.8. The van der Waals surface area contributed by atoms with Crippen molar-refractivity contribution >= 4 is 5.97 Å². The first-order valence-corrected chi connectivity index (χ1v) is 10.1. The molecule has 2 saturated heterocycles. The Morgan fingerprint density at radius 3 is 2.31 bits per heavy atom. The molecule has 0 saturated carbocycles. The first-order chi connectivity index (χ1) is 13.9. The Morgan fingerprint density at radius 2 is 1.69 bits per heavy atom. The molecule has 0 spiro atoms. The van der Waals surface area contributed by atoms with Crippen molar-refractivity contribution in [3.05, 3.63) is 88.9 Å². The molecular weight excluding hydrogens is 364 g/mol. The van der Waals surface area contributed by atoms with E-state index in [9.17, 15) is 9.90 Å². The van der Waals surface area contributed by atoms with Crippen LogP contribution in [0.1, 0.15) is 48.9 Å². The molecule has 0 aromatic heterocycles. The summed E-state index contributed by atoms with van der Waals surface area (Å²) in [7, 11) is 0. The topological polar surface area (TPSA) is 62.4 Å². The summed E-state index contributed by atoms with van der Waals surface area (Å²) in [5, 5.41) is 9.39. The molecule has 4 heteroatoms. The van der Waals surface area contributed by atoms with Crippen LogP contribution in [0.3, 0.4) is 0 Å². The number of ether oxygens (including phenoxy) is 2. The molecular formula is C25H27O4. The van der Waals surface area contributed by atoms with E-state index in [4.69, 9.17) is 9.47 Å². The molecule has 2 aromatic carbocycles. The van der Waals surface area contributed by atoms with Crippen LogP contribution < -0.4 is 0 Å². The molecule has 2 aliphatic rings. The SMILES string of the molecule is CC(=CC(c1ccccc1C(C)(C)c1ccccc1[CH]C1CO1)C1CO1)C(=O)O. The van der Waals surface area contributed by atoms with Crippen molar-refractivity contribution in [3.63, 3.8) is 0 Å². The number of carbonyl (C=O) groups is 1. The molecule has 2 fully saturated rings. The number of aliphatic carboxylic acids is 1. The van der Waals surface area contributed by atoms with E-state index in [0.717, 1.165) is 12.2 Å². The molecule has 0 bridgehead atoms. The molecule has 4 rings (SSSR count). The highest BCUT2D eigenvalue weighted by Gasteiger charge is 2.37. The van der Waals surface area contributed by atoms with E-state index in [0.29, 0.717) is 12.2 Å². The van der Waals surface area contributed by atoms with Crippen molar-refractivity contribution < 1.29 is 19.4 Å². The zero-order valence-electron chi connectivity index (χ0n) is 17.1. The highest BCUT2D eigenvalue weighted by molar-refractivity contribution is 5.86. The van der Waals surface area contributed by atoms with Crippen LogP contribution in [-0.4, -0.2) is 36.5 Å². The fraction of sp³-hybridized carbons (Fsp3) is 0.360. The van der Waals surface area contributed by atoms with E-state index in [2.05, 4.69) is 62.7 Å². The number of carboxylic acid groups (broad SMARTS) is 1. The van der Waals surface area contributed by atoms with E-state index < -0.39 is 5.97 Å². The summed E-state index contributed by atoms with van der Waals surface area (Å²) in [5.74, 6) is -0.971. The highest BCUT2D eigenvalue weighted by atomic mass is 16.6. The first-order valence-electron chi connectivity index (χ1n) is 10.1. The number of rotatable bonds is 8. The smallest absolute Gasteiger partial charge is 0.330 e. The summed E-state index contributed by atoms with van der Waals surface area (Å²) in [5.41, 5.74) is 4.81. The summed E-state index contributed by atoms with van der Waals surface area (Å²) in [6.07, 6.45) is 4.26. The molecule has 2 aromatic rings. The molecule has 0 amide bonds. The van der Waals surface area contributed by atoms with Crippen LogP contribution in [-0.2, 0) is 19.7 Å². The van der Waals surface area contributed by atoms with E-state index in [1.807, 2.05) is 12.1 Å². The number of hydrogen-bond donors (Lipinski definition) is 1. The van der Waals surface area contributed by atoms with Gasteiger partial charge in [-0.15, -0.1) is 0 Å². The monoisotopic (exact) mass is 391 g/mol. The Balaban J connectivity index is 1.78. The van der Waals surface area contributed by atoms with Gasteiger partial charge in [0.25, 0.3) is 0 Å². The minimum atomic E-state index is -0.892. The second-order valence-electron chi connectivity index (χ2n) is 8.39. The van der Waals surface area contributed by atoms with Gasteiger partial charge in [-0.2, -0.15) is 0 Å². The van der Waals surface area contributed by atoms with Gasteiger partial charge in [-0.3, -0.25) is 0 Å². The third-order valence-corrected chi connectivity index (χ3v) is 5.88. The van der Waals surface area contributed by atoms with Crippen LogP contribution in [0.4, 0.5) is 0 Å². The number of carboxylic acids is 1. The number of hydrogen-bond acceptors (Lipinski definition) is 3. The maximum Gasteiger partial charge on any atom is 0.330 e. The van der Waals surface area contributed by atoms with Gasteiger partial charge in [-0.1, -0.05) is 68.5 Å². The Labute approximate surface area is 172 Å². The minimum Gasteiger partial charge on any atom is -0.478 e. The van der Waals surface area contributed by atoms with Gasteiger partial charge in [0.2, 0.25) is 0 Å². The maximum atomic E-state index is 11.4. The first kappa shape index (κ1) is 19.9. The molecule has 4 nitrogen and oxygen atoms in total. The van der Waals surface area contributed by atoms with Gasteiger partial charge in [0.15, 0.2) is 0 Å². The van der Waals surface area contributed by atoms with Gasteiger partial charge in [0, 0.05) is 23.3 Å². The van der Waals surface area contributed by atoms with E-state index in [-0.39, 0.29) is 23.5 Å². The van der Waals surface area contributed by atoms with Crippen molar-refractivity contribution in [2.24, 2.45) is 0 Å². The predicted octanol–water partition coefficient (Wildman–Crippen LogP) is 4.48. The second kappa shape index (κ2) is 7.77. The standard InChI is InChI=1S/C25H27O4/c1-16(24(26)27)12-20(23-15-29-23)19-9-5-7-11-22(19)25(2,3)21-10-6-4-8-17(21)13-18-14-28-18/h4-13,18,20,23H,14-15H2,1-3H3,(H,26,27). The van der Waals surface area contributed by atoms with Crippen molar-refractivity contribution in [1.82, 2.24) is 0 Å². The van der Waals surface area contributed by atoms with Gasteiger partial charge in [-0.05, 0) is 29.2 Å². The average Bonchev–Trinajstić information content (AvgIpc) is 3.61. The number of epoxide rings is 2. The molecule has 1 radical (unpaired) electrons. The van der Waals surface area contributed by atoms with Crippen LogP contribution >= 0.6 is 0 Å². The Hall–Kier alpha value is -2.43. The summed E-state index contributed by atoms with van der Waals surface area (Å²) in [6.45, 7) is 7.54. The molecule has 3 unspecified atom stereocenters. The quantitative estimate of drug-likeness (QED) is 0.532. The van der Waals surface area contributed by atoms with Gasteiger partial charge in [0.1, 0.15) is 0 Å². The summed E-state index contributed by atoms with van der Waals surface area (Å²) in [4.78, 5) is 11.4. The van der Waals surface area contributed by atoms with Crippen molar-refractivity contribution in [2.45, 2.75) is 44.3 Å². The summed E-state index contributed by atoms with van der Waals surface area (Å²) >= 11 is 0. The van der Waals surface area contributed by atoms with E-state index in [1.165, 1.54) is 16.7 Å². The zero-order valence-corrected chi connectivity index (χ0v) is 17.1. The van der Waals surface area contributed by atoms with Crippen LogP contribution in [0.15, 0.2) is 60.2 Å². The maximum absolute atomic E-state index is 11.4. The lowest BCUT2D eigenvalue weighted by atomic mass is 9.71.